The van der Waals surface area contributed by atoms with Gasteiger partial charge in [-0.15, -0.1) is 0 Å². The van der Waals surface area contributed by atoms with E-state index in [1.165, 1.54) is 42.1 Å². The Hall–Kier alpha value is 0.140. The molecule has 1 nitrogen and oxygen atoms in total. The molecule has 0 saturated carbocycles. The molecule has 0 fully saturated rings. The van der Waals surface area contributed by atoms with Crippen LogP contribution in [-0.2, 0) is 0 Å². The molecule has 1 aromatic carbocycles. The topological polar surface area (TPSA) is 12.0 Å². The van der Waals surface area contributed by atoms with Gasteiger partial charge in [0.25, 0.3) is 0 Å². The molecule has 0 radical (unpaired) electrons. The van der Waals surface area contributed by atoms with Crippen molar-refractivity contribution in [2.24, 2.45) is 0 Å². The number of rotatable bonds is 8. The molecule has 102 valence electrons. The fourth-order valence-corrected chi connectivity index (χ4v) is 3.50. The Labute approximate surface area is 128 Å². The SMILES string of the molecule is CCCCCCC(NCC)c1ccc(Br)cc1Br. The first kappa shape index (κ1) is 16.2. The summed E-state index contributed by atoms with van der Waals surface area (Å²) in [6.45, 7) is 5.44. The quantitative estimate of drug-likeness (QED) is 0.562. The van der Waals surface area contributed by atoms with Crippen LogP contribution in [0.3, 0.4) is 0 Å². The lowest BCUT2D eigenvalue weighted by Gasteiger charge is -2.20. The van der Waals surface area contributed by atoms with Crippen molar-refractivity contribution in [2.75, 3.05) is 6.54 Å². The monoisotopic (exact) mass is 375 g/mol. The Morgan fingerprint density at radius 3 is 2.50 bits per heavy atom. The van der Waals surface area contributed by atoms with Crippen LogP contribution >= 0.6 is 31.9 Å². The van der Waals surface area contributed by atoms with E-state index in [4.69, 9.17) is 0 Å². The summed E-state index contributed by atoms with van der Waals surface area (Å²) in [4.78, 5) is 0. The molecule has 0 aliphatic carbocycles. The summed E-state index contributed by atoms with van der Waals surface area (Å²) in [5, 5.41) is 3.59. The first-order valence-electron chi connectivity index (χ1n) is 6.87. The minimum Gasteiger partial charge on any atom is -0.310 e. The molecule has 1 rings (SSSR count). The highest BCUT2D eigenvalue weighted by Crippen LogP contribution is 2.29. The molecule has 0 aliphatic rings. The Balaban J connectivity index is 2.64. The molecule has 0 bridgehead atoms. The molecular formula is C15H23Br2N. The van der Waals surface area contributed by atoms with Gasteiger partial charge in [-0.05, 0) is 30.7 Å². The average molecular weight is 377 g/mol. The van der Waals surface area contributed by atoms with Gasteiger partial charge in [-0.3, -0.25) is 0 Å². The normalized spacial score (nSPS) is 12.7. The van der Waals surface area contributed by atoms with Crippen molar-refractivity contribution in [1.29, 1.82) is 0 Å². The summed E-state index contributed by atoms with van der Waals surface area (Å²) in [7, 11) is 0. The molecule has 0 saturated heterocycles. The van der Waals surface area contributed by atoms with Gasteiger partial charge in [0.15, 0.2) is 0 Å². The number of unbranched alkanes of at least 4 members (excludes halogenated alkanes) is 3. The molecule has 1 unspecified atom stereocenters. The Bertz CT molecular complexity index is 352. The highest BCUT2D eigenvalue weighted by molar-refractivity contribution is 9.11. The highest BCUT2D eigenvalue weighted by atomic mass is 79.9. The second kappa shape index (κ2) is 9.11. The maximum atomic E-state index is 3.67. The first-order chi connectivity index (χ1) is 8.69. The van der Waals surface area contributed by atoms with Gasteiger partial charge in [0.1, 0.15) is 0 Å². The summed E-state index contributed by atoms with van der Waals surface area (Å²) in [5.41, 5.74) is 1.37. The summed E-state index contributed by atoms with van der Waals surface area (Å²) < 4.78 is 2.32. The van der Waals surface area contributed by atoms with Gasteiger partial charge in [0.2, 0.25) is 0 Å². The summed E-state index contributed by atoms with van der Waals surface area (Å²) in [5.74, 6) is 0. The first-order valence-corrected chi connectivity index (χ1v) is 8.46. The van der Waals surface area contributed by atoms with E-state index in [9.17, 15) is 0 Å². The van der Waals surface area contributed by atoms with Gasteiger partial charge in [0.05, 0.1) is 0 Å². The zero-order chi connectivity index (χ0) is 13.4. The fourth-order valence-electron chi connectivity index (χ4n) is 2.17. The van der Waals surface area contributed by atoms with E-state index in [2.05, 4.69) is 69.2 Å². The van der Waals surface area contributed by atoms with Gasteiger partial charge >= 0.3 is 0 Å². The molecule has 0 aliphatic heterocycles. The number of hydrogen-bond acceptors (Lipinski definition) is 1. The Morgan fingerprint density at radius 1 is 1.11 bits per heavy atom. The molecule has 0 aromatic heterocycles. The zero-order valence-electron chi connectivity index (χ0n) is 11.3. The van der Waals surface area contributed by atoms with E-state index in [-0.39, 0.29) is 0 Å². The Morgan fingerprint density at radius 2 is 1.89 bits per heavy atom. The molecular weight excluding hydrogens is 354 g/mol. The smallest absolute Gasteiger partial charge is 0.0331 e. The summed E-state index contributed by atoms with van der Waals surface area (Å²) in [6.07, 6.45) is 6.50. The van der Waals surface area contributed by atoms with Crippen LogP contribution in [0, 0.1) is 0 Å². The van der Waals surface area contributed by atoms with Gasteiger partial charge < -0.3 is 5.32 Å². The fraction of sp³-hybridized carbons (Fsp3) is 0.600. The number of hydrogen-bond donors (Lipinski definition) is 1. The zero-order valence-corrected chi connectivity index (χ0v) is 14.5. The van der Waals surface area contributed by atoms with Crippen molar-refractivity contribution in [2.45, 2.75) is 52.0 Å². The molecule has 1 atom stereocenters. The van der Waals surface area contributed by atoms with Crippen LogP contribution < -0.4 is 5.32 Å². The van der Waals surface area contributed by atoms with Gasteiger partial charge in [0, 0.05) is 15.0 Å². The van der Waals surface area contributed by atoms with Crippen molar-refractivity contribution in [3.63, 3.8) is 0 Å². The highest BCUT2D eigenvalue weighted by Gasteiger charge is 2.13. The van der Waals surface area contributed by atoms with E-state index < -0.39 is 0 Å². The lowest BCUT2D eigenvalue weighted by molar-refractivity contribution is 0.480. The van der Waals surface area contributed by atoms with E-state index in [1.54, 1.807) is 0 Å². The third kappa shape index (κ3) is 5.41. The van der Waals surface area contributed by atoms with Crippen LogP contribution in [0.1, 0.15) is 57.6 Å². The molecule has 1 N–H and O–H groups in total. The molecule has 18 heavy (non-hydrogen) atoms. The average Bonchev–Trinajstić information content (AvgIpc) is 2.34. The van der Waals surface area contributed by atoms with Crippen LogP contribution in [0.5, 0.6) is 0 Å². The van der Waals surface area contributed by atoms with Crippen LogP contribution in [0.2, 0.25) is 0 Å². The maximum Gasteiger partial charge on any atom is 0.0331 e. The largest absolute Gasteiger partial charge is 0.310 e. The second-order valence-electron chi connectivity index (χ2n) is 4.63. The van der Waals surface area contributed by atoms with Crippen LogP contribution in [-0.4, -0.2) is 6.54 Å². The van der Waals surface area contributed by atoms with Gasteiger partial charge in [-0.1, -0.05) is 77.5 Å². The number of benzene rings is 1. The molecule has 0 amide bonds. The predicted octanol–water partition coefficient (Wildman–Crippen LogP) is 5.83. The van der Waals surface area contributed by atoms with Crippen molar-refractivity contribution in [1.82, 2.24) is 5.32 Å². The lowest BCUT2D eigenvalue weighted by Crippen LogP contribution is -2.21. The van der Waals surface area contributed by atoms with Crippen molar-refractivity contribution < 1.29 is 0 Å². The minimum atomic E-state index is 0.467. The van der Waals surface area contributed by atoms with E-state index in [0.29, 0.717) is 6.04 Å². The van der Waals surface area contributed by atoms with E-state index in [1.807, 2.05) is 0 Å². The van der Waals surface area contributed by atoms with E-state index >= 15 is 0 Å². The lowest BCUT2D eigenvalue weighted by atomic mass is 10.00. The van der Waals surface area contributed by atoms with Gasteiger partial charge in [-0.2, -0.15) is 0 Å². The van der Waals surface area contributed by atoms with Crippen molar-refractivity contribution in [3.8, 4) is 0 Å². The minimum absolute atomic E-state index is 0.467. The molecule has 0 spiro atoms. The number of nitrogens with one attached hydrogen (secondary N) is 1. The Kier molecular flexibility index (Phi) is 8.20. The van der Waals surface area contributed by atoms with Crippen LogP contribution in [0.25, 0.3) is 0 Å². The van der Waals surface area contributed by atoms with Crippen LogP contribution in [0.4, 0.5) is 0 Å². The van der Waals surface area contributed by atoms with Crippen molar-refractivity contribution >= 4 is 31.9 Å². The third-order valence-electron chi connectivity index (χ3n) is 3.13. The van der Waals surface area contributed by atoms with Crippen LogP contribution in [0.15, 0.2) is 27.1 Å². The number of halogens is 2. The van der Waals surface area contributed by atoms with Crippen molar-refractivity contribution in [3.05, 3.63) is 32.7 Å². The summed E-state index contributed by atoms with van der Waals surface area (Å²) in [6, 6.07) is 6.93. The molecule has 1 aromatic rings. The summed E-state index contributed by atoms with van der Waals surface area (Å²) >= 11 is 7.18. The third-order valence-corrected chi connectivity index (χ3v) is 4.31. The second-order valence-corrected chi connectivity index (χ2v) is 6.40. The standard InChI is InChI=1S/C15H23Br2N/c1-3-5-6-7-8-15(18-4-2)13-10-9-12(16)11-14(13)17/h9-11,15,18H,3-8H2,1-2H3. The molecule has 0 heterocycles. The van der Waals surface area contributed by atoms with Gasteiger partial charge in [-0.25, -0.2) is 0 Å². The van der Waals surface area contributed by atoms with E-state index in [0.717, 1.165) is 11.0 Å². The molecule has 3 heteroatoms. The predicted molar refractivity (Wildman–Crippen MR) is 87.0 cm³/mol. The maximum absolute atomic E-state index is 3.67.